The van der Waals surface area contributed by atoms with Crippen LogP contribution in [0.5, 0.6) is 0 Å². The molecule has 0 unspecified atom stereocenters. The molecule has 1 aromatic carbocycles. The van der Waals surface area contributed by atoms with Crippen molar-refractivity contribution in [2.45, 2.75) is 6.92 Å². The molecular formula is C13H10N4O3. The molecule has 7 heteroatoms. The Morgan fingerprint density at radius 2 is 2.05 bits per heavy atom. The highest BCUT2D eigenvalue weighted by Gasteiger charge is 2.15. The molecule has 1 amide bonds. The first-order valence-electron chi connectivity index (χ1n) is 5.87. The minimum atomic E-state index is -0.467. The fourth-order valence-electron chi connectivity index (χ4n) is 1.89. The Morgan fingerprint density at radius 3 is 2.75 bits per heavy atom. The van der Waals surface area contributed by atoms with Gasteiger partial charge in [-0.1, -0.05) is 23.4 Å². The van der Waals surface area contributed by atoms with Gasteiger partial charge in [0, 0.05) is 11.5 Å². The zero-order valence-corrected chi connectivity index (χ0v) is 10.5. The van der Waals surface area contributed by atoms with E-state index in [1.807, 2.05) is 0 Å². The number of nitrogens with one attached hydrogen (secondary N) is 2. The molecule has 0 atom stereocenters. The van der Waals surface area contributed by atoms with E-state index in [0.717, 1.165) is 0 Å². The molecule has 0 saturated carbocycles. The third-order valence-corrected chi connectivity index (χ3v) is 2.78. The molecule has 20 heavy (non-hydrogen) atoms. The second kappa shape index (κ2) is 4.61. The summed E-state index contributed by atoms with van der Waals surface area (Å²) in [4.78, 5) is 23.8. The number of carbonyl (C=O) groups is 1. The van der Waals surface area contributed by atoms with Crippen LogP contribution in [-0.4, -0.2) is 21.3 Å². The van der Waals surface area contributed by atoms with Crippen LogP contribution in [0.15, 0.2) is 39.6 Å². The van der Waals surface area contributed by atoms with Crippen molar-refractivity contribution >= 4 is 22.5 Å². The summed E-state index contributed by atoms with van der Waals surface area (Å²) in [5.41, 5.74) is -0.213. The minimum Gasteiger partial charge on any atom is -0.360 e. The average Bonchev–Trinajstić information content (AvgIpc) is 2.84. The molecule has 0 spiro atoms. The molecule has 0 aliphatic heterocycles. The van der Waals surface area contributed by atoms with Crippen LogP contribution in [-0.2, 0) is 0 Å². The number of amides is 1. The lowest BCUT2D eigenvalue weighted by molar-refractivity contribution is 0.102. The van der Waals surface area contributed by atoms with Gasteiger partial charge in [0.1, 0.15) is 5.76 Å². The first-order chi connectivity index (χ1) is 9.65. The van der Waals surface area contributed by atoms with Crippen molar-refractivity contribution in [2.75, 3.05) is 5.32 Å². The van der Waals surface area contributed by atoms with Crippen LogP contribution in [0.4, 0.5) is 5.82 Å². The fraction of sp³-hybridized carbons (Fsp3) is 0.0769. The van der Waals surface area contributed by atoms with Crippen LogP contribution < -0.4 is 10.9 Å². The third-order valence-electron chi connectivity index (χ3n) is 2.78. The Morgan fingerprint density at radius 1 is 1.30 bits per heavy atom. The van der Waals surface area contributed by atoms with E-state index in [4.69, 9.17) is 4.52 Å². The van der Waals surface area contributed by atoms with Crippen molar-refractivity contribution in [3.63, 3.8) is 0 Å². The van der Waals surface area contributed by atoms with E-state index < -0.39 is 5.91 Å². The number of fused-ring (bicyclic) bond motifs is 1. The van der Waals surface area contributed by atoms with Crippen molar-refractivity contribution < 1.29 is 9.32 Å². The van der Waals surface area contributed by atoms with Crippen molar-refractivity contribution in [2.24, 2.45) is 0 Å². The maximum absolute atomic E-state index is 12.2. The zero-order valence-electron chi connectivity index (χ0n) is 10.5. The summed E-state index contributed by atoms with van der Waals surface area (Å²) in [5, 5.41) is 13.2. The first-order valence-corrected chi connectivity index (χ1v) is 5.87. The SMILES string of the molecule is Cc1cc(NC(=O)c2n[nH]c(=O)c3ccccc23)no1. The van der Waals surface area contributed by atoms with Gasteiger partial charge in [-0.3, -0.25) is 9.59 Å². The van der Waals surface area contributed by atoms with Crippen LogP contribution in [0.2, 0.25) is 0 Å². The summed E-state index contributed by atoms with van der Waals surface area (Å²) in [6, 6.07) is 8.35. The summed E-state index contributed by atoms with van der Waals surface area (Å²) in [7, 11) is 0. The van der Waals surface area contributed by atoms with E-state index in [1.54, 1.807) is 37.3 Å². The van der Waals surface area contributed by atoms with Crippen LogP contribution in [0.1, 0.15) is 16.2 Å². The number of hydrogen-bond acceptors (Lipinski definition) is 5. The molecule has 100 valence electrons. The summed E-state index contributed by atoms with van der Waals surface area (Å²) < 4.78 is 4.86. The number of carbonyl (C=O) groups excluding carboxylic acids is 1. The maximum Gasteiger partial charge on any atom is 0.277 e. The molecule has 7 nitrogen and oxygen atoms in total. The second-order valence-corrected chi connectivity index (χ2v) is 4.22. The fourth-order valence-corrected chi connectivity index (χ4v) is 1.89. The summed E-state index contributed by atoms with van der Waals surface area (Å²) in [5.74, 6) is 0.412. The summed E-state index contributed by atoms with van der Waals surface area (Å²) in [6.45, 7) is 1.72. The van der Waals surface area contributed by atoms with Gasteiger partial charge in [0.25, 0.3) is 11.5 Å². The minimum absolute atomic E-state index is 0.126. The van der Waals surface area contributed by atoms with E-state index in [2.05, 4.69) is 20.7 Å². The van der Waals surface area contributed by atoms with E-state index in [-0.39, 0.29) is 11.3 Å². The predicted octanol–water partition coefficient (Wildman–Crippen LogP) is 1.47. The second-order valence-electron chi connectivity index (χ2n) is 4.22. The lowest BCUT2D eigenvalue weighted by Crippen LogP contribution is -2.19. The van der Waals surface area contributed by atoms with Crippen LogP contribution in [0.25, 0.3) is 10.8 Å². The van der Waals surface area contributed by atoms with Crippen LogP contribution in [0, 0.1) is 6.92 Å². The molecule has 3 aromatic rings. The van der Waals surface area contributed by atoms with E-state index in [9.17, 15) is 9.59 Å². The Labute approximate surface area is 112 Å². The quantitative estimate of drug-likeness (QED) is 0.734. The molecule has 0 bridgehead atoms. The van der Waals surface area contributed by atoms with Crippen LogP contribution >= 0.6 is 0 Å². The number of nitrogens with zero attached hydrogens (tertiary/aromatic N) is 2. The van der Waals surface area contributed by atoms with Gasteiger partial charge in [0.15, 0.2) is 11.5 Å². The van der Waals surface area contributed by atoms with Gasteiger partial charge < -0.3 is 9.84 Å². The molecule has 0 fully saturated rings. The number of aromatic amines is 1. The third kappa shape index (κ3) is 2.05. The summed E-state index contributed by atoms with van der Waals surface area (Å²) in [6.07, 6.45) is 0. The van der Waals surface area contributed by atoms with E-state index >= 15 is 0 Å². The van der Waals surface area contributed by atoms with Crippen molar-refractivity contribution in [1.29, 1.82) is 0 Å². The van der Waals surface area contributed by atoms with Gasteiger partial charge in [-0.15, -0.1) is 0 Å². The van der Waals surface area contributed by atoms with Crippen molar-refractivity contribution in [3.8, 4) is 0 Å². The van der Waals surface area contributed by atoms with Gasteiger partial charge in [-0.2, -0.15) is 5.10 Å². The Kier molecular flexibility index (Phi) is 2.79. The predicted molar refractivity (Wildman–Crippen MR) is 71.6 cm³/mol. The van der Waals surface area contributed by atoms with Crippen molar-refractivity contribution in [1.82, 2.24) is 15.4 Å². The molecule has 0 aliphatic carbocycles. The average molecular weight is 270 g/mol. The molecule has 2 heterocycles. The standard InChI is InChI=1S/C13H10N4O3/c1-7-6-10(17-20-7)14-13(19)11-8-4-2-3-5-9(8)12(18)16-15-11/h2-6H,1H3,(H,16,18)(H,14,17,19). The van der Waals surface area contributed by atoms with Crippen molar-refractivity contribution in [3.05, 3.63) is 52.1 Å². The van der Waals surface area contributed by atoms with Crippen LogP contribution in [0.3, 0.4) is 0 Å². The Balaban J connectivity index is 2.04. The zero-order chi connectivity index (χ0) is 14.1. The molecule has 0 aliphatic rings. The monoisotopic (exact) mass is 270 g/mol. The highest BCUT2D eigenvalue weighted by Crippen LogP contribution is 2.14. The topological polar surface area (TPSA) is 101 Å². The Bertz CT molecular complexity index is 850. The molecule has 3 rings (SSSR count). The van der Waals surface area contributed by atoms with Gasteiger partial charge in [0.05, 0.1) is 5.39 Å². The molecular weight excluding hydrogens is 260 g/mol. The molecule has 2 aromatic heterocycles. The highest BCUT2D eigenvalue weighted by atomic mass is 16.5. The molecule has 0 saturated heterocycles. The number of anilines is 1. The van der Waals surface area contributed by atoms with Gasteiger partial charge in [-0.25, -0.2) is 5.10 Å². The number of aromatic nitrogens is 3. The Hall–Kier alpha value is -2.96. The summed E-state index contributed by atoms with van der Waals surface area (Å²) >= 11 is 0. The largest absolute Gasteiger partial charge is 0.360 e. The van der Waals surface area contributed by atoms with E-state index in [0.29, 0.717) is 22.4 Å². The smallest absolute Gasteiger partial charge is 0.277 e. The van der Waals surface area contributed by atoms with Gasteiger partial charge >= 0.3 is 0 Å². The maximum atomic E-state index is 12.2. The first kappa shape index (κ1) is 12.1. The molecule has 0 radical (unpaired) electrons. The van der Waals surface area contributed by atoms with Gasteiger partial charge in [-0.05, 0) is 13.0 Å². The van der Waals surface area contributed by atoms with E-state index in [1.165, 1.54) is 0 Å². The van der Waals surface area contributed by atoms with Gasteiger partial charge in [0.2, 0.25) is 0 Å². The normalized spacial score (nSPS) is 10.7. The highest BCUT2D eigenvalue weighted by molar-refractivity contribution is 6.10. The number of aryl methyl sites for hydroxylation is 1. The lowest BCUT2D eigenvalue weighted by Gasteiger charge is -2.03. The number of rotatable bonds is 2. The lowest BCUT2D eigenvalue weighted by atomic mass is 10.1. The number of benzene rings is 1. The number of hydrogen-bond donors (Lipinski definition) is 2. The molecule has 2 N–H and O–H groups in total. The number of H-pyrrole nitrogens is 1.